The highest BCUT2D eigenvalue weighted by Gasteiger charge is 2.18. The Morgan fingerprint density at radius 1 is 1.07 bits per heavy atom. The molecule has 0 saturated heterocycles. The summed E-state index contributed by atoms with van der Waals surface area (Å²) in [7, 11) is 1.36. The van der Waals surface area contributed by atoms with Crippen LogP contribution in [0.2, 0.25) is 5.02 Å². The van der Waals surface area contributed by atoms with E-state index in [1.54, 1.807) is 12.1 Å². The summed E-state index contributed by atoms with van der Waals surface area (Å²) in [5.41, 5.74) is 0.930. The SMILES string of the molecule is CCOc1cc(/C=C(\C#N)C(=O)Nc2cc([N+](=O)[O-])ccc2OC)cc(Cl)c1OCc1cccc2ccccc12. The van der Waals surface area contributed by atoms with Crippen molar-refractivity contribution >= 4 is 45.7 Å². The minimum absolute atomic E-state index is 0.0491. The van der Waals surface area contributed by atoms with E-state index in [2.05, 4.69) is 5.32 Å². The Labute approximate surface area is 235 Å². The highest BCUT2D eigenvalue weighted by Crippen LogP contribution is 2.38. The Morgan fingerprint density at radius 2 is 1.85 bits per heavy atom. The number of methoxy groups -OCH3 is 1. The smallest absolute Gasteiger partial charge is 0.271 e. The summed E-state index contributed by atoms with van der Waals surface area (Å²) in [6.07, 6.45) is 1.34. The van der Waals surface area contributed by atoms with Crippen molar-refractivity contribution in [2.45, 2.75) is 13.5 Å². The lowest BCUT2D eigenvalue weighted by Gasteiger charge is -2.15. The molecule has 1 amide bonds. The molecule has 0 heterocycles. The van der Waals surface area contributed by atoms with E-state index in [1.807, 2.05) is 55.5 Å². The number of nitrogens with one attached hydrogen (secondary N) is 1. The van der Waals surface area contributed by atoms with Gasteiger partial charge in [-0.05, 0) is 53.1 Å². The van der Waals surface area contributed by atoms with E-state index in [-0.39, 0.29) is 34.3 Å². The molecular weight excluding hydrogens is 534 g/mol. The van der Waals surface area contributed by atoms with Gasteiger partial charge in [0, 0.05) is 12.1 Å². The van der Waals surface area contributed by atoms with Crippen LogP contribution in [0.3, 0.4) is 0 Å². The van der Waals surface area contributed by atoms with E-state index in [9.17, 15) is 20.2 Å². The second-order valence-corrected chi connectivity index (χ2v) is 8.86. The number of hydrogen-bond acceptors (Lipinski definition) is 7. The third-order valence-corrected chi connectivity index (χ3v) is 6.18. The van der Waals surface area contributed by atoms with Gasteiger partial charge >= 0.3 is 0 Å². The molecule has 0 saturated carbocycles. The van der Waals surface area contributed by atoms with Crippen molar-refractivity contribution in [2.75, 3.05) is 19.0 Å². The number of ether oxygens (including phenoxy) is 3. The number of halogens is 1. The van der Waals surface area contributed by atoms with E-state index in [0.717, 1.165) is 22.4 Å². The fourth-order valence-corrected chi connectivity index (χ4v) is 4.33. The fourth-order valence-electron chi connectivity index (χ4n) is 4.05. The van der Waals surface area contributed by atoms with Gasteiger partial charge in [0.25, 0.3) is 11.6 Å². The summed E-state index contributed by atoms with van der Waals surface area (Å²) in [6, 6.07) is 22.7. The molecule has 202 valence electrons. The zero-order valence-electron chi connectivity index (χ0n) is 21.6. The highest BCUT2D eigenvalue weighted by molar-refractivity contribution is 6.32. The van der Waals surface area contributed by atoms with E-state index >= 15 is 0 Å². The maximum Gasteiger partial charge on any atom is 0.271 e. The molecule has 4 aromatic rings. The molecule has 4 aromatic carbocycles. The summed E-state index contributed by atoms with van der Waals surface area (Å²) in [4.78, 5) is 23.5. The Bertz CT molecular complexity index is 1660. The second kappa shape index (κ2) is 12.7. The zero-order valence-corrected chi connectivity index (χ0v) is 22.4. The Balaban J connectivity index is 1.61. The lowest BCUT2D eigenvalue weighted by atomic mass is 10.1. The maximum atomic E-state index is 12.9. The number of nitrogens with zero attached hydrogens (tertiary/aromatic N) is 2. The van der Waals surface area contributed by atoms with Gasteiger partial charge in [-0.2, -0.15) is 5.26 Å². The number of nitro groups is 1. The van der Waals surface area contributed by atoms with Crippen LogP contribution in [0.15, 0.2) is 78.4 Å². The molecule has 1 N–H and O–H groups in total. The highest BCUT2D eigenvalue weighted by atomic mass is 35.5. The van der Waals surface area contributed by atoms with Gasteiger partial charge in [0.05, 0.1) is 29.4 Å². The van der Waals surface area contributed by atoms with Crippen molar-refractivity contribution in [2.24, 2.45) is 0 Å². The van der Waals surface area contributed by atoms with Crippen LogP contribution >= 0.6 is 11.6 Å². The number of benzene rings is 4. The molecule has 0 spiro atoms. The van der Waals surface area contributed by atoms with E-state index in [0.29, 0.717) is 23.7 Å². The van der Waals surface area contributed by atoms with Crippen LogP contribution in [-0.4, -0.2) is 24.5 Å². The van der Waals surface area contributed by atoms with Crippen LogP contribution in [0.5, 0.6) is 17.2 Å². The minimum Gasteiger partial charge on any atom is -0.495 e. The minimum atomic E-state index is -0.785. The quantitative estimate of drug-likeness (QED) is 0.0969. The van der Waals surface area contributed by atoms with Crippen LogP contribution in [0, 0.1) is 21.4 Å². The van der Waals surface area contributed by atoms with Gasteiger partial charge in [-0.15, -0.1) is 0 Å². The number of non-ortho nitro benzene ring substituents is 1. The van der Waals surface area contributed by atoms with E-state index in [1.165, 1.54) is 25.3 Å². The molecular formula is C30H24ClN3O6. The van der Waals surface area contributed by atoms with Gasteiger partial charge in [0.2, 0.25) is 0 Å². The predicted octanol–water partition coefficient (Wildman–Crippen LogP) is 6.93. The molecule has 0 radical (unpaired) electrons. The standard InChI is InChI=1S/C30H24ClN3O6/c1-3-39-28-15-19(13-22(17-32)30(35)33-26-16-23(34(36)37)11-12-27(26)38-2)14-25(31)29(28)40-18-21-9-6-8-20-7-4-5-10-24(20)21/h4-16H,3,18H2,1-2H3,(H,33,35)/b22-13+. The van der Waals surface area contributed by atoms with Gasteiger partial charge < -0.3 is 19.5 Å². The summed E-state index contributed by atoms with van der Waals surface area (Å²) in [6.45, 7) is 2.38. The molecule has 0 atom stereocenters. The number of nitro benzene ring substituents is 1. The normalized spacial score (nSPS) is 11.0. The molecule has 0 aliphatic rings. The summed E-state index contributed by atoms with van der Waals surface area (Å²) in [5.74, 6) is 0.0923. The van der Waals surface area contributed by atoms with Crippen LogP contribution in [0.4, 0.5) is 11.4 Å². The molecule has 0 aliphatic carbocycles. The Hall–Kier alpha value is -5.07. The first-order valence-electron chi connectivity index (χ1n) is 12.2. The van der Waals surface area contributed by atoms with Crippen molar-refractivity contribution < 1.29 is 23.9 Å². The molecule has 10 heteroatoms. The number of nitriles is 1. The molecule has 9 nitrogen and oxygen atoms in total. The Morgan fingerprint density at radius 3 is 2.58 bits per heavy atom. The van der Waals surface area contributed by atoms with Gasteiger partial charge in [-0.3, -0.25) is 14.9 Å². The van der Waals surface area contributed by atoms with Crippen molar-refractivity contribution in [3.63, 3.8) is 0 Å². The first-order chi connectivity index (χ1) is 19.3. The summed E-state index contributed by atoms with van der Waals surface area (Å²) >= 11 is 6.58. The van der Waals surface area contributed by atoms with Crippen LogP contribution in [-0.2, 0) is 11.4 Å². The first-order valence-corrected chi connectivity index (χ1v) is 12.5. The monoisotopic (exact) mass is 557 g/mol. The second-order valence-electron chi connectivity index (χ2n) is 8.46. The third-order valence-electron chi connectivity index (χ3n) is 5.90. The number of amides is 1. The van der Waals surface area contributed by atoms with Crippen LogP contribution < -0.4 is 19.5 Å². The topological polar surface area (TPSA) is 124 Å². The number of anilines is 1. The van der Waals surface area contributed by atoms with Crippen LogP contribution in [0.1, 0.15) is 18.1 Å². The molecule has 40 heavy (non-hydrogen) atoms. The Kier molecular flexibility index (Phi) is 8.84. The number of rotatable bonds is 10. The molecule has 4 rings (SSSR count). The molecule has 0 aromatic heterocycles. The lowest BCUT2D eigenvalue weighted by Crippen LogP contribution is -2.14. The van der Waals surface area contributed by atoms with Gasteiger partial charge in [0.1, 0.15) is 24.0 Å². The lowest BCUT2D eigenvalue weighted by molar-refractivity contribution is -0.384. The summed E-state index contributed by atoms with van der Waals surface area (Å²) < 4.78 is 17.0. The molecule has 0 fully saturated rings. The van der Waals surface area contributed by atoms with Gasteiger partial charge in [-0.1, -0.05) is 54.1 Å². The molecule has 0 unspecified atom stereocenters. The van der Waals surface area contributed by atoms with Gasteiger partial charge in [-0.25, -0.2) is 0 Å². The average molecular weight is 558 g/mol. The van der Waals surface area contributed by atoms with E-state index in [4.69, 9.17) is 25.8 Å². The summed E-state index contributed by atoms with van der Waals surface area (Å²) in [5, 5.41) is 25.7. The number of fused-ring (bicyclic) bond motifs is 1. The zero-order chi connectivity index (χ0) is 28.6. The molecule has 0 aliphatic heterocycles. The third kappa shape index (κ3) is 6.31. The van der Waals surface area contributed by atoms with E-state index < -0.39 is 10.8 Å². The van der Waals surface area contributed by atoms with Crippen molar-refractivity contribution in [1.82, 2.24) is 0 Å². The molecule has 0 bridgehead atoms. The van der Waals surface area contributed by atoms with Crippen molar-refractivity contribution in [1.29, 1.82) is 5.26 Å². The first kappa shape index (κ1) is 28.0. The maximum absolute atomic E-state index is 12.9. The average Bonchev–Trinajstić information content (AvgIpc) is 2.95. The number of carbonyl (C=O) groups excluding carboxylic acids is 1. The largest absolute Gasteiger partial charge is 0.495 e. The van der Waals surface area contributed by atoms with Crippen LogP contribution in [0.25, 0.3) is 16.8 Å². The number of hydrogen-bond donors (Lipinski definition) is 1. The van der Waals surface area contributed by atoms with Crippen molar-refractivity contribution in [3.05, 3.63) is 105 Å². The van der Waals surface area contributed by atoms with Gasteiger partial charge in [0.15, 0.2) is 11.5 Å². The van der Waals surface area contributed by atoms with Crippen molar-refractivity contribution in [3.8, 4) is 23.3 Å². The predicted molar refractivity (Wildman–Crippen MR) is 153 cm³/mol. The fraction of sp³-hybridized carbons (Fsp3) is 0.133. The number of carbonyl (C=O) groups is 1.